The van der Waals surface area contributed by atoms with Crippen molar-refractivity contribution in [2.45, 2.75) is 26.3 Å². The average molecular weight is 325 g/mol. The number of hydrogen-bond acceptors (Lipinski definition) is 3. The Morgan fingerprint density at radius 2 is 1.91 bits per heavy atom. The first kappa shape index (κ1) is 17.3. The second-order valence-corrected chi connectivity index (χ2v) is 6.59. The van der Waals surface area contributed by atoms with Crippen LogP contribution >= 0.6 is 11.6 Å². The van der Waals surface area contributed by atoms with Gasteiger partial charge in [-0.05, 0) is 36.6 Å². The van der Waals surface area contributed by atoms with Crippen molar-refractivity contribution in [2.24, 2.45) is 5.92 Å². The minimum absolute atomic E-state index is 0.0429. The SMILES string of the molecule is CC(C)CC(CNC(=O)c1ccc(Cl)cc1)N1CCOCC1. The summed E-state index contributed by atoms with van der Waals surface area (Å²) in [6.07, 6.45) is 1.07. The van der Waals surface area contributed by atoms with Crippen LogP contribution in [-0.2, 0) is 4.74 Å². The van der Waals surface area contributed by atoms with E-state index in [1.807, 2.05) is 0 Å². The zero-order chi connectivity index (χ0) is 15.9. The van der Waals surface area contributed by atoms with Gasteiger partial charge in [0.25, 0.3) is 5.91 Å². The highest BCUT2D eigenvalue weighted by molar-refractivity contribution is 6.30. The number of rotatable bonds is 6. The van der Waals surface area contributed by atoms with Crippen LogP contribution in [0.5, 0.6) is 0 Å². The summed E-state index contributed by atoms with van der Waals surface area (Å²) in [6.45, 7) is 8.53. The summed E-state index contributed by atoms with van der Waals surface area (Å²) >= 11 is 5.85. The van der Waals surface area contributed by atoms with Crippen LogP contribution in [0.2, 0.25) is 5.02 Å². The summed E-state index contributed by atoms with van der Waals surface area (Å²) in [7, 11) is 0. The third-order valence-electron chi connectivity index (χ3n) is 3.91. The molecule has 1 heterocycles. The molecule has 1 saturated heterocycles. The lowest BCUT2D eigenvalue weighted by atomic mass is 10.0. The smallest absolute Gasteiger partial charge is 0.251 e. The molecule has 0 spiro atoms. The maximum atomic E-state index is 12.2. The fraction of sp³-hybridized carbons (Fsp3) is 0.588. The van der Waals surface area contributed by atoms with Gasteiger partial charge in [0.2, 0.25) is 0 Å². The predicted molar refractivity (Wildman–Crippen MR) is 89.4 cm³/mol. The van der Waals surface area contributed by atoms with Gasteiger partial charge in [0.05, 0.1) is 13.2 Å². The first-order valence-corrected chi connectivity index (χ1v) is 8.29. The molecule has 0 radical (unpaired) electrons. The summed E-state index contributed by atoms with van der Waals surface area (Å²) in [5.41, 5.74) is 0.648. The van der Waals surface area contributed by atoms with Crippen LogP contribution < -0.4 is 5.32 Å². The Balaban J connectivity index is 1.91. The maximum Gasteiger partial charge on any atom is 0.251 e. The van der Waals surface area contributed by atoms with Gasteiger partial charge >= 0.3 is 0 Å². The standard InChI is InChI=1S/C17H25ClN2O2/c1-13(2)11-16(20-7-9-22-10-8-20)12-19-17(21)14-3-5-15(18)6-4-14/h3-6,13,16H,7-12H2,1-2H3,(H,19,21). The van der Waals surface area contributed by atoms with Gasteiger partial charge in [0, 0.05) is 36.3 Å². The van der Waals surface area contributed by atoms with Crippen molar-refractivity contribution in [1.29, 1.82) is 0 Å². The molecule has 5 heteroatoms. The molecule has 122 valence electrons. The van der Waals surface area contributed by atoms with Gasteiger partial charge < -0.3 is 10.1 Å². The van der Waals surface area contributed by atoms with E-state index in [4.69, 9.17) is 16.3 Å². The van der Waals surface area contributed by atoms with Crippen LogP contribution in [0.25, 0.3) is 0 Å². The molecule has 1 amide bonds. The largest absolute Gasteiger partial charge is 0.379 e. The molecule has 1 aliphatic rings. The van der Waals surface area contributed by atoms with Crippen LogP contribution in [0, 0.1) is 5.92 Å². The first-order chi connectivity index (χ1) is 10.6. The minimum Gasteiger partial charge on any atom is -0.379 e. The Hall–Kier alpha value is -1.10. The van der Waals surface area contributed by atoms with Gasteiger partial charge in [-0.1, -0.05) is 25.4 Å². The molecule has 1 aromatic rings. The summed E-state index contributed by atoms with van der Waals surface area (Å²) in [4.78, 5) is 14.7. The van der Waals surface area contributed by atoms with Gasteiger partial charge in [0.15, 0.2) is 0 Å². The molecular weight excluding hydrogens is 300 g/mol. The molecule has 1 N–H and O–H groups in total. The van der Waals surface area contributed by atoms with E-state index in [2.05, 4.69) is 24.1 Å². The van der Waals surface area contributed by atoms with Crippen LogP contribution in [0.1, 0.15) is 30.6 Å². The zero-order valence-electron chi connectivity index (χ0n) is 13.3. The second kappa shape index (κ2) is 8.51. The van der Waals surface area contributed by atoms with Crippen LogP contribution in [0.3, 0.4) is 0 Å². The molecule has 1 atom stereocenters. The highest BCUT2D eigenvalue weighted by Gasteiger charge is 2.22. The van der Waals surface area contributed by atoms with Crippen molar-refractivity contribution in [3.63, 3.8) is 0 Å². The highest BCUT2D eigenvalue weighted by Crippen LogP contribution is 2.14. The van der Waals surface area contributed by atoms with Crippen LogP contribution in [0.15, 0.2) is 24.3 Å². The topological polar surface area (TPSA) is 41.6 Å². The van der Waals surface area contributed by atoms with Crippen molar-refractivity contribution < 1.29 is 9.53 Å². The lowest BCUT2D eigenvalue weighted by Gasteiger charge is -2.35. The Bertz CT molecular complexity index is 470. The number of nitrogens with zero attached hydrogens (tertiary/aromatic N) is 1. The number of benzene rings is 1. The average Bonchev–Trinajstić information content (AvgIpc) is 2.52. The number of nitrogens with one attached hydrogen (secondary N) is 1. The van der Waals surface area contributed by atoms with Crippen LogP contribution in [0.4, 0.5) is 0 Å². The summed E-state index contributed by atoms with van der Waals surface area (Å²) in [5, 5.41) is 3.70. The molecule has 0 bridgehead atoms. The number of ether oxygens (including phenoxy) is 1. The number of carbonyl (C=O) groups is 1. The molecule has 22 heavy (non-hydrogen) atoms. The minimum atomic E-state index is -0.0429. The number of carbonyl (C=O) groups excluding carboxylic acids is 1. The van der Waals surface area contributed by atoms with Gasteiger partial charge in [-0.2, -0.15) is 0 Å². The fourth-order valence-electron chi connectivity index (χ4n) is 2.76. The van der Waals surface area contributed by atoms with Gasteiger partial charge in [-0.25, -0.2) is 0 Å². The Kier molecular flexibility index (Phi) is 6.68. The van der Waals surface area contributed by atoms with E-state index < -0.39 is 0 Å². The van der Waals surface area contributed by atoms with Gasteiger partial charge in [-0.15, -0.1) is 0 Å². The normalized spacial score (nSPS) is 17.5. The molecule has 4 nitrogen and oxygen atoms in total. The van der Waals surface area contributed by atoms with Crippen molar-refractivity contribution in [3.05, 3.63) is 34.9 Å². The third-order valence-corrected chi connectivity index (χ3v) is 4.16. The van der Waals surface area contributed by atoms with Crippen molar-refractivity contribution >= 4 is 17.5 Å². The molecule has 1 aliphatic heterocycles. The van der Waals surface area contributed by atoms with E-state index in [1.54, 1.807) is 24.3 Å². The molecule has 2 rings (SSSR count). The third kappa shape index (κ3) is 5.27. The second-order valence-electron chi connectivity index (χ2n) is 6.15. The molecule has 1 aromatic carbocycles. The molecule has 0 aromatic heterocycles. The molecule has 0 aliphatic carbocycles. The predicted octanol–water partition coefficient (Wildman–Crippen LogP) is 2.82. The van der Waals surface area contributed by atoms with E-state index in [0.29, 0.717) is 29.1 Å². The van der Waals surface area contributed by atoms with E-state index in [9.17, 15) is 4.79 Å². The lowest BCUT2D eigenvalue weighted by molar-refractivity contribution is 0.0124. The number of halogens is 1. The monoisotopic (exact) mass is 324 g/mol. The van der Waals surface area contributed by atoms with Crippen molar-refractivity contribution in [3.8, 4) is 0 Å². The number of morpholine rings is 1. The van der Waals surface area contributed by atoms with Crippen molar-refractivity contribution in [2.75, 3.05) is 32.8 Å². The molecule has 1 unspecified atom stereocenters. The first-order valence-electron chi connectivity index (χ1n) is 7.92. The maximum absolute atomic E-state index is 12.2. The van der Waals surface area contributed by atoms with E-state index in [0.717, 1.165) is 32.7 Å². The number of hydrogen-bond donors (Lipinski definition) is 1. The Morgan fingerprint density at radius 1 is 1.27 bits per heavy atom. The molecule has 0 saturated carbocycles. The number of amides is 1. The summed E-state index contributed by atoms with van der Waals surface area (Å²) in [6, 6.07) is 7.35. The van der Waals surface area contributed by atoms with E-state index in [-0.39, 0.29) is 5.91 Å². The fourth-order valence-corrected chi connectivity index (χ4v) is 2.89. The molecule has 1 fully saturated rings. The Labute approximate surface area is 137 Å². The highest BCUT2D eigenvalue weighted by atomic mass is 35.5. The quantitative estimate of drug-likeness (QED) is 0.875. The summed E-state index contributed by atoms with van der Waals surface area (Å²) < 4.78 is 5.42. The molecular formula is C17H25ClN2O2. The van der Waals surface area contributed by atoms with E-state index in [1.165, 1.54) is 0 Å². The van der Waals surface area contributed by atoms with Gasteiger partial charge in [0.1, 0.15) is 0 Å². The Morgan fingerprint density at radius 3 is 2.50 bits per heavy atom. The van der Waals surface area contributed by atoms with Gasteiger partial charge in [-0.3, -0.25) is 9.69 Å². The summed E-state index contributed by atoms with van der Waals surface area (Å²) in [5.74, 6) is 0.555. The van der Waals surface area contributed by atoms with Crippen molar-refractivity contribution in [1.82, 2.24) is 10.2 Å². The lowest BCUT2D eigenvalue weighted by Crippen LogP contribution is -2.49. The van der Waals surface area contributed by atoms with Crippen LogP contribution in [-0.4, -0.2) is 49.7 Å². The zero-order valence-corrected chi connectivity index (χ0v) is 14.1. The van der Waals surface area contributed by atoms with E-state index >= 15 is 0 Å².